The van der Waals surface area contributed by atoms with Crippen molar-refractivity contribution in [2.45, 2.75) is 0 Å². The zero-order valence-electron chi connectivity index (χ0n) is 5.27. The molecule has 12 heavy (non-hydrogen) atoms. The molecule has 0 atom stereocenters. The van der Waals surface area contributed by atoms with E-state index in [1.807, 2.05) is 0 Å². The smallest absolute Gasteiger partial charge is 0.199 e. The highest BCUT2D eigenvalue weighted by atomic mass is 79.9. The lowest BCUT2D eigenvalue weighted by atomic mass is 10.3. The van der Waals surface area contributed by atoms with Crippen molar-refractivity contribution >= 4 is 27.5 Å². The summed E-state index contributed by atoms with van der Waals surface area (Å²) >= 11 is 7.55. The van der Waals surface area contributed by atoms with E-state index in [1.54, 1.807) is 0 Å². The van der Waals surface area contributed by atoms with Gasteiger partial charge in [0.05, 0.1) is 9.50 Å². The summed E-state index contributed by atoms with van der Waals surface area (Å²) in [6, 6.07) is 0. The largest absolute Gasteiger partial charge is 0.202 e. The van der Waals surface area contributed by atoms with E-state index in [2.05, 4.69) is 15.9 Å². The molecule has 0 heterocycles. The lowest BCUT2D eigenvalue weighted by Gasteiger charge is -2.02. The van der Waals surface area contributed by atoms with Crippen LogP contribution in [0.15, 0.2) is 4.47 Å². The molecule has 1 aromatic carbocycles. The maximum atomic E-state index is 12.5. The summed E-state index contributed by atoms with van der Waals surface area (Å²) in [5, 5.41) is -0.814. The van der Waals surface area contributed by atoms with E-state index in [1.165, 1.54) is 0 Å². The van der Waals surface area contributed by atoms with Gasteiger partial charge in [0, 0.05) is 0 Å². The highest BCUT2D eigenvalue weighted by molar-refractivity contribution is 9.10. The minimum Gasteiger partial charge on any atom is -0.202 e. The quantitative estimate of drug-likeness (QED) is 0.381. The summed E-state index contributed by atoms with van der Waals surface area (Å²) in [7, 11) is 0. The van der Waals surface area contributed by atoms with Crippen LogP contribution in [-0.4, -0.2) is 0 Å². The highest BCUT2D eigenvalue weighted by Gasteiger charge is 2.22. The van der Waals surface area contributed by atoms with Crippen LogP contribution in [0.3, 0.4) is 0 Å². The van der Waals surface area contributed by atoms with Gasteiger partial charge in [-0.05, 0) is 15.9 Å². The normalized spacial score (nSPS) is 10.5. The Hall–Kier alpha value is -0.290. The molecule has 6 heteroatoms. The van der Waals surface area contributed by atoms with Gasteiger partial charge in [0.15, 0.2) is 23.3 Å². The molecule has 0 N–H and O–H groups in total. The average molecular weight is 263 g/mol. The van der Waals surface area contributed by atoms with Gasteiger partial charge in [0.25, 0.3) is 0 Å². The second-order valence-electron chi connectivity index (χ2n) is 1.88. The van der Waals surface area contributed by atoms with Crippen LogP contribution in [0, 0.1) is 23.3 Å². The van der Waals surface area contributed by atoms with Gasteiger partial charge < -0.3 is 0 Å². The van der Waals surface area contributed by atoms with Gasteiger partial charge in [-0.3, -0.25) is 0 Å². The Morgan fingerprint density at radius 1 is 0.833 bits per heavy atom. The van der Waals surface area contributed by atoms with Crippen molar-refractivity contribution in [3.63, 3.8) is 0 Å². The van der Waals surface area contributed by atoms with Crippen molar-refractivity contribution in [3.05, 3.63) is 32.8 Å². The number of hydrogen-bond donors (Lipinski definition) is 0. The molecule has 66 valence electrons. The zero-order chi connectivity index (χ0) is 9.46. The molecule has 0 aliphatic heterocycles. The van der Waals surface area contributed by atoms with Gasteiger partial charge in [-0.2, -0.15) is 0 Å². The molecular formula is C6BrClF4. The third-order valence-electron chi connectivity index (χ3n) is 1.16. The standard InChI is InChI=1S/C6BrClF4/c7-1-2(8)4(10)6(12)5(11)3(1)9. The molecule has 0 saturated heterocycles. The fourth-order valence-corrected chi connectivity index (χ4v) is 1.09. The first-order chi connectivity index (χ1) is 5.46. The SMILES string of the molecule is Fc1c(F)c(F)c(Br)c(Cl)c1F. The summed E-state index contributed by atoms with van der Waals surface area (Å²) in [6.07, 6.45) is 0. The van der Waals surface area contributed by atoms with Crippen LogP contribution in [0.4, 0.5) is 17.6 Å². The molecule has 1 aromatic rings. The molecule has 0 unspecified atom stereocenters. The number of rotatable bonds is 0. The van der Waals surface area contributed by atoms with Gasteiger partial charge in [0.1, 0.15) is 0 Å². The monoisotopic (exact) mass is 262 g/mol. The third-order valence-corrected chi connectivity index (χ3v) is 2.48. The fourth-order valence-electron chi connectivity index (χ4n) is 0.578. The van der Waals surface area contributed by atoms with Crippen molar-refractivity contribution in [2.24, 2.45) is 0 Å². The van der Waals surface area contributed by atoms with E-state index in [-0.39, 0.29) is 0 Å². The average Bonchev–Trinajstić information content (AvgIpc) is 2.08. The van der Waals surface area contributed by atoms with E-state index < -0.39 is 32.8 Å². The Bertz CT molecular complexity index is 234. The van der Waals surface area contributed by atoms with E-state index in [0.717, 1.165) is 0 Å². The molecule has 0 radical (unpaired) electrons. The number of benzene rings is 1. The Balaban J connectivity index is 3.60. The second-order valence-corrected chi connectivity index (χ2v) is 3.05. The minimum atomic E-state index is -1.92. The zero-order valence-corrected chi connectivity index (χ0v) is 7.61. The molecule has 0 amide bonds. The molecule has 0 nitrogen and oxygen atoms in total. The first-order valence-corrected chi connectivity index (χ1v) is 3.80. The van der Waals surface area contributed by atoms with Crippen molar-refractivity contribution in [1.29, 1.82) is 0 Å². The Labute approximate surface area is 78.3 Å². The molecule has 0 spiro atoms. The van der Waals surface area contributed by atoms with Crippen LogP contribution in [0.25, 0.3) is 0 Å². The van der Waals surface area contributed by atoms with Crippen LogP contribution in [0.2, 0.25) is 5.02 Å². The van der Waals surface area contributed by atoms with Gasteiger partial charge in [-0.1, -0.05) is 11.6 Å². The van der Waals surface area contributed by atoms with Crippen molar-refractivity contribution < 1.29 is 17.6 Å². The highest BCUT2D eigenvalue weighted by Crippen LogP contribution is 2.31. The molecule has 1 rings (SSSR count). The second kappa shape index (κ2) is 3.22. The summed E-state index contributed by atoms with van der Waals surface area (Å²) < 4.78 is 49.1. The Kier molecular flexibility index (Phi) is 2.63. The van der Waals surface area contributed by atoms with E-state index in [9.17, 15) is 17.6 Å². The van der Waals surface area contributed by atoms with Gasteiger partial charge in [-0.25, -0.2) is 17.6 Å². The summed E-state index contributed by atoms with van der Waals surface area (Å²) in [4.78, 5) is 0. The fraction of sp³-hybridized carbons (Fsp3) is 0. The lowest BCUT2D eigenvalue weighted by Crippen LogP contribution is -1.97. The first-order valence-electron chi connectivity index (χ1n) is 2.63. The van der Waals surface area contributed by atoms with Crippen LogP contribution >= 0.6 is 27.5 Å². The predicted octanol–water partition coefficient (Wildman–Crippen LogP) is 3.66. The van der Waals surface area contributed by atoms with E-state index in [0.29, 0.717) is 0 Å². The van der Waals surface area contributed by atoms with Crippen molar-refractivity contribution in [2.75, 3.05) is 0 Å². The molecule has 0 aliphatic rings. The third kappa shape index (κ3) is 1.31. The minimum absolute atomic E-state index is 0.624. The first kappa shape index (κ1) is 9.80. The van der Waals surface area contributed by atoms with Crippen molar-refractivity contribution in [1.82, 2.24) is 0 Å². The van der Waals surface area contributed by atoms with Gasteiger partial charge in [0.2, 0.25) is 0 Å². The Morgan fingerprint density at radius 3 is 1.75 bits per heavy atom. The molecule has 0 saturated carbocycles. The van der Waals surface area contributed by atoms with Crippen LogP contribution in [-0.2, 0) is 0 Å². The van der Waals surface area contributed by atoms with Crippen LogP contribution in [0.1, 0.15) is 0 Å². The van der Waals surface area contributed by atoms with Gasteiger partial charge in [-0.15, -0.1) is 0 Å². The predicted molar refractivity (Wildman–Crippen MR) is 39.0 cm³/mol. The molecule has 0 fully saturated rings. The molecular weight excluding hydrogens is 263 g/mol. The van der Waals surface area contributed by atoms with Crippen LogP contribution < -0.4 is 0 Å². The van der Waals surface area contributed by atoms with E-state index >= 15 is 0 Å². The molecule has 0 aromatic heterocycles. The van der Waals surface area contributed by atoms with E-state index in [4.69, 9.17) is 11.6 Å². The summed E-state index contributed by atoms with van der Waals surface area (Å²) in [5.41, 5.74) is 0. The molecule has 0 aliphatic carbocycles. The maximum absolute atomic E-state index is 12.5. The summed E-state index contributed by atoms with van der Waals surface area (Å²) in [5.74, 6) is -6.95. The lowest BCUT2D eigenvalue weighted by molar-refractivity contribution is 0.406. The molecule has 0 bridgehead atoms. The maximum Gasteiger partial charge on any atom is 0.199 e. The topological polar surface area (TPSA) is 0 Å². The van der Waals surface area contributed by atoms with Crippen molar-refractivity contribution in [3.8, 4) is 0 Å². The number of hydrogen-bond acceptors (Lipinski definition) is 0. The Morgan fingerprint density at radius 2 is 1.25 bits per heavy atom. The number of halogens is 6. The van der Waals surface area contributed by atoms with Crippen LogP contribution in [0.5, 0.6) is 0 Å². The van der Waals surface area contributed by atoms with Gasteiger partial charge >= 0.3 is 0 Å². The summed E-state index contributed by atoms with van der Waals surface area (Å²) in [6.45, 7) is 0.